The molecule has 3 fully saturated rings. The highest BCUT2D eigenvalue weighted by molar-refractivity contribution is 6.31. The summed E-state index contributed by atoms with van der Waals surface area (Å²) in [5.41, 5.74) is -2.91. The maximum absolute atomic E-state index is 15.8. The van der Waals surface area contributed by atoms with Gasteiger partial charge in [0.25, 0.3) is 0 Å². The van der Waals surface area contributed by atoms with Gasteiger partial charge in [-0.3, -0.25) is 9.59 Å². The predicted molar refractivity (Wildman–Crippen MR) is 148 cm³/mol. The Morgan fingerprint density at radius 1 is 1.20 bits per heavy atom. The Labute approximate surface area is 247 Å². The Kier molecular flexibility index (Phi) is 7.61. The lowest BCUT2D eigenvalue weighted by Crippen LogP contribution is -2.49. The molecule has 41 heavy (non-hydrogen) atoms. The zero-order valence-electron chi connectivity index (χ0n) is 23.1. The summed E-state index contributed by atoms with van der Waals surface area (Å²) in [4.78, 5) is 29.2. The first-order chi connectivity index (χ1) is 19.2. The van der Waals surface area contributed by atoms with Crippen molar-refractivity contribution in [3.63, 3.8) is 0 Å². The number of hydrogen-bond acceptors (Lipinski definition) is 5. The summed E-state index contributed by atoms with van der Waals surface area (Å²) < 4.78 is 42.9. The number of carbonyl (C=O) groups is 2. The number of carbonyl (C=O) groups excluding carboxylic acids is 2. The highest BCUT2D eigenvalue weighted by atomic mass is 35.5. The van der Waals surface area contributed by atoms with Crippen LogP contribution in [0.1, 0.15) is 57.6 Å². The number of nitriles is 1. The monoisotopic (exact) mass is 605 g/mol. The van der Waals surface area contributed by atoms with E-state index < -0.39 is 52.2 Å². The Bertz CT molecular complexity index is 1450. The Balaban J connectivity index is 1.63. The quantitative estimate of drug-likeness (QED) is 0.470. The van der Waals surface area contributed by atoms with Gasteiger partial charge in [-0.15, -0.1) is 0 Å². The van der Waals surface area contributed by atoms with Gasteiger partial charge >= 0.3 is 0 Å². The second kappa shape index (κ2) is 10.5. The molecule has 218 valence electrons. The van der Waals surface area contributed by atoms with E-state index in [-0.39, 0.29) is 46.1 Å². The molecule has 0 radical (unpaired) electrons. The molecule has 7 nitrogen and oxygen atoms in total. The average molecular weight is 606 g/mol. The third kappa shape index (κ3) is 4.89. The summed E-state index contributed by atoms with van der Waals surface area (Å²) in [5.74, 6) is -4.60. The number of hydrogen-bond donors (Lipinski definition) is 1. The number of nitrogens with one attached hydrogen (secondary N) is 1. The van der Waals surface area contributed by atoms with E-state index in [0.29, 0.717) is 13.0 Å². The zero-order valence-corrected chi connectivity index (χ0v) is 24.7. The average Bonchev–Trinajstić information content (AvgIpc) is 3.47. The summed E-state index contributed by atoms with van der Waals surface area (Å²) >= 11 is 12.2. The topological polar surface area (TPSA) is 91.7 Å². The number of ether oxygens (including phenoxy) is 2. The van der Waals surface area contributed by atoms with Crippen LogP contribution in [0, 0.1) is 28.4 Å². The smallest absolute Gasteiger partial charge is 0.243 e. The van der Waals surface area contributed by atoms with E-state index in [1.54, 1.807) is 27.7 Å². The van der Waals surface area contributed by atoms with Crippen LogP contribution < -0.4 is 5.32 Å². The first-order valence-electron chi connectivity index (χ1n) is 13.5. The molecular formula is C30H31Cl2F2N3O4. The van der Waals surface area contributed by atoms with Gasteiger partial charge in [0.2, 0.25) is 11.8 Å². The summed E-state index contributed by atoms with van der Waals surface area (Å²) in [5, 5.41) is 13.7. The van der Waals surface area contributed by atoms with Gasteiger partial charge in [0.15, 0.2) is 5.79 Å². The van der Waals surface area contributed by atoms with E-state index in [9.17, 15) is 14.9 Å². The highest BCUT2D eigenvalue weighted by Crippen LogP contribution is 2.60. The molecule has 3 saturated heterocycles. The fourth-order valence-electron chi connectivity index (χ4n) is 6.67. The number of rotatable bonds is 6. The lowest BCUT2D eigenvalue weighted by atomic mass is 9.63. The maximum Gasteiger partial charge on any atom is 0.243 e. The van der Waals surface area contributed by atoms with Crippen LogP contribution in [0.25, 0.3) is 0 Å². The summed E-state index contributed by atoms with van der Waals surface area (Å²) in [7, 11) is 0. The zero-order chi connectivity index (χ0) is 29.9. The molecule has 0 aliphatic carbocycles. The second-order valence-electron chi connectivity index (χ2n) is 12.0. The van der Waals surface area contributed by atoms with Crippen molar-refractivity contribution in [1.29, 1.82) is 5.26 Å². The Hall–Kier alpha value is -2.77. The van der Waals surface area contributed by atoms with E-state index in [4.69, 9.17) is 32.7 Å². The van der Waals surface area contributed by atoms with Crippen LogP contribution in [0.2, 0.25) is 10.0 Å². The third-order valence-corrected chi connectivity index (χ3v) is 8.99. The summed E-state index contributed by atoms with van der Waals surface area (Å²) in [6.45, 7) is 7.57. The highest BCUT2D eigenvalue weighted by Gasteiger charge is 2.70. The van der Waals surface area contributed by atoms with Crippen molar-refractivity contribution in [2.45, 2.75) is 75.8 Å². The van der Waals surface area contributed by atoms with Gasteiger partial charge in [-0.05, 0) is 50.5 Å². The number of nitrogens with zero attached hydrogens (tertiary/aromatic N) is 2. The fraction of sp³-hybridized carbons (Fsp3) is 0.500. The normalized spacial score (nSPS) is 29.8. The molecule has 2 amide bonds. The SMILES string of the molecule is CC1(C)OC[C@H](CCNC(=O)[C@H]2[C@H](c3cccc(Cl)c3F)[C@@](C#N)(c3ccc(Cl)cc3F)[C@@H]3CC(C)(C)C(=O)N32)O1. The lowest BCUT2D eigenvalue weighted by molar-refractivity contribution is -0.142. The molecule has 3 heterocycles. The van der Waals surface area contributed by atoms with Crippen molar-refractivity contribution < 1.29 is 27.8 Å². The first kappa shape index (κ1) is 29.7. The molecule has 5 rings (SSSR count). The van der Waals surface area contributed by atoms with Gasteiger partial charge in [0.05, 0.1) is 29.8 Å². The van der Waals surface area contributed by atoms with Crippen LogP contribution in [0.15, 0.2) is 36.4 Å². The molecule has 0 aromatic heterocycles. The van der Waals surface area contributed by atoms with E-state index in [2.05, 4.69) is 11.4 Å². The molecule has 0 bridgehead atoms. The Morgan fingerprint density at radius 2 is 1.93 bits per heavy atom. The molecule has 11 heteroatoms. The largest absolute Gasteiger partial charge is 0.354 e. The number of halogens is 4. The molecule has 1 N–H and O–H groups in total. The van der Waals surface area contributed by atoms with Gasteiger partial charge in [0.1, 0.15) is 23.1 Å². The van der Waals surface area contributed by atoms with Gasteiger partial charge in [-0.25, -0.2) is 8.78 Å². The summed E-state index contributed by atoms with van der Waals surface area (Å²) in [6.07, 6.45) is 0.319. The van der Waals surface area contributed by atoms with Crippen LogP contribution >= 0.6 is 23.2 Å². The van der Waals surface area contributed by atoms with Crippen molar-refractivity contribution in [2.75, 3.05) is 13.2 Å². The van der Waals surface area contributed by atoms with Crippen LogP contribution in [0.5, 0.6) is 0 Å². The molecule has 0 saturated carbocycles. The molecule has 2 aromatic carbocycles. The van der Waals surface area contributed by atoms with Crippen molar-refractivity contribution in [3.05, 3.63) is 69.2 Å². The molecule has 0 spiro atoms. The van der Waals surface area contributed by atoms with E-state index in [1.165, 1.54) is 35.2 Å². The predicted octanol–water partition coefficient (Wildman–Crippen LogP) is 5.48. The minimum atomic E-state index is -1.84. The minimum Gasteiger partial charge on any atom is -0.354 e. The van der Waals surface area contributed by atoms with Crippen LogP contribution in [-0.2, 0) is 24.5 Å². The molecule has 0 unspecified atom stereocenters. The molecule has 2 aromatic rings. The van der Waals surface area contributed by atoms with E-state index >= 15 is 8.78 Å². The molecular weight excluding hydrogens is 575 g/mol. The fourth-order valence-corrected chi connectivity index (χ4v) is 7.01. The third-order valence-electron chi connectivity index (χ3n) is 8.46. The van der Waals surface area contributed by atoms with Gasteiger partial charge < -0.3 is 19.7 Å². The van der Waals surface area contributed by atoms with Crippen molar-refractivity contribution >= 4 is 35.0 Å². The number of amides is 2. The van der Waals surface area contributed by atoms with Gasteiger partial charge in [0, 0.05) is 28.5 Å². The second-order valence-corrected chi connectivity index (χ2v) is 12.9. The van der Waals surface area contributed by atoms with Crippen molar-refractivity contribution in [2.24, 2.45) is 5.41 Å². The van der Waals surface area contributed by atoms with Crippen molar-refractivity contribution in [3.8, 4) is 6.07 Å². The molecule has 3 aliphatic rings. The standard InChI is InChI=1S/C30H31Cl2F2N3O4/c1-28(2)13-22-30(15-35,19-9-8-16(31)12-21(19)33)23(18-6-5-7-20(32)24(18)34)25(37(22)27(28)39)26(38)36-11-10-17-14-40-29(3,4)41-17/h5-9,12,17,22-23,25H,10-11,13-14H2,1-4H3,(H,36,38)/t17-,22-,23-,25+,30-/m0/s1. The number of benzene rings is 2. The van der Waals surface area contributed by atoms with Gasteiger partial charge in [-0.2, -0.15) is 5.26 Å². The maximum atomic E-state index is 15.8. The Morgan fingerprint density at radius 3 is 2.56 bits per heavy atom. The van der Waals surface area contributed by atoms with Crippen LogP contribution in [0.3, 0.4) is 0 Å². The summed E-state index contributed by atoms with van der Waals surface area (Å²) in [6, 6.07) is 8.19. The number of fused-ring (bicyclic) bond motifs is 1. The van der Waals surface area contributed by atoms with E-state index in [1.807, 2.05) is 0 Å². The van der Waals surface area contributed by atoms with Gasteiger partial charge in [-0.1, -0.05) is 55.2 Å². The lowest BCUT2D eigenvalue weighted by Gasteiger charge is -2.35. The van der Waals surface area contributed by atoms with Crippen LogP contribution in [-0.4, -0.2) is 53.8 Å². The first-order valence-corrected chi connectivity index (χ1v) is 14.2. The molecule has 5 atom stereocenters. The van der Waals surface area contributed by atoms with Crippen LogP contribution in [0.4, 0.5) is 8.78 Å². The minimum absolute atomic E-state index is 0.0529. The van der Waals surface area contributed by atoms with Crippen molar-refractivity contribution in [1.82, 2.24) is 10.2 Å². The van der Waals surface area contributed by atoms with E-state index in [0.717, 1.165) is 6.07 Å². The molecule has 3 aliphatic heterocycles.